The number of hydrogen-bond donors (Lipinski definition) is 1. The number of nitrogens with zero attached hydrogens (tertiary/aromatic N) is 1. The summed E-state index contributed by atoms with van der Waals surface area (Å²) in [5.41, 5.74) is 1.05. The first-order valence-corrected chi connectivity index (χ1v) is 8.51. The summed E-state index contributed by atoms with van der Waals surface area (Å²) >= 11 is 5.89. The highest BCUT2D eigenvalue weighted by Crippen LogP contribution is 2.18. The van der Waals surface area contributed by atoms with E-state index in [1.807, 2.05) is 19.1 Å². The van der Waals surface area contributed by atoms with E-state index in [1.165, 1.54) is 4.57 Å². The summed E-state index contributed by atoms with van der Waals surface area (Å²) in [5.74, 6) is 0.300. The Morgan fingerprint density at radius 3 is 2.96 bits per heavy atom. The van der Waals surface area contributed by atoms with Crippen molar-refractivity contribution < 1.29 is 13.6 Å². The number of carbonyl (C=O) groups is 1. The van der Waals surface area contributed by atoms with Crippen LogP contribution in [0.3, 0.4) is 0 Å². The second kappa shape index (κ2) is 7.61. The molecule has 2 heterocycles. The molecule has 3 rings (SSSR count). The van der Waals surface area contributed by atoms with E-state index in [0.29, 0.717) is 16.1 Å². The van der Waals surface area contributed by atoms with E-state index in [1.54, 1.807) is 24.5 Å². The van der Waals surface area contributed by atoms with Gasteiger partial charge in [-0.05, 0) is 37.6 Å². The molecule has 1 unspecified atom stereocenters. The van der Waals surface area contributed by atoms with Crippen molar-refractivity contribution in [2.24, 2.45) is 0 Å². The van der Waals surface area contributed by atoms with Gasteiger partial charge >= 0.3 is 5.76 Å². The smallest absolute Gasteiger partial charge is 0.419 e. The van der Waals surface area contributed by atoms with Crippen molar-refractivity contribution in [2.45, 2.75) is 38.8 Å². The van der Waals surface area contributed by atoms with E-state index < -0.39 is 5.76 Å². The van der Waals surface area contributed by atoms with Gasteiger partial charge in [0.2, 0.25) is 5.91 Å². The Labute approximate surface area is 149 Å². The predicted octanol–water partition coefficient (Wildman–Crippen LogP) is 3.37. The highest BCUT2D eigenvalue weighted by molar-refractivity contribution is 6.31. The van der Waals surface area contributed by atoms with Crippen LogP contribution in [-0.4, -0.2) is 16.5 Å². The zero-order chi connectivity index (χ0) is 17.8. The van der Waals surface area contributed by atoms with E-state index in [9.17, 15) is 9.59 Å². The SMILES string of the molecule is CC(CCc1ccco1)NC(=O)CCn1c(=O)oc2cc(Cl)ccc21. The standard InChI is InChI=1S/C18H19ClN2O4/c1-12(4-6-14-3-2-10-24-14)20-17(22)8-9-21-15-7-5-13(19)11-16(15)25-18(21)23/h2-3,5,7,10-12H,4,6,8-9H2,1H3,(H,20,22). The summed E-state index contributed by atoms with van der Waals surface area (Å²) in [5, 5.41) is 3.43. The van der Waals surface area contributed by atoms with Crippen LogP contribution in [0.15, 0.2) is 50.2 Å². The number of nitrogens with one attached hydrogen (secondary N) is 1. The number of furan rings is 1. The Kier molecular flexibility index (Phi) is 5.28. The molecule has 0 bridgehead atoms. The van der Waals surface area contributed by atoms with Gasteiger partial charge in [0.1, 0.15) is 5.76 Å². The van der Waals surface area contributed by atoms with Gasteiger partial charge in [0, 0.05) is 36.5 Å². The van der Waals surface area contributed by atoms with Gasteiger partial charge in [-0.2, -0.15) is 0 Å². The lowest BCUT2D eigenvalue weighted by Crippen LogP contribution is -2.33. The Hall–Kier alpha value is -2.47. The molecule has 3 aromatic rings. The predicted molar refractivity (Wildman–Crippen MR) is 94.7 cm³/mol. The molecular weight excluding hydrogens is 344 g/mol. The highest BCUT2D eigenvalue weighted by Gasteiger charge is 2.13. The van der Waals surface area contributed by atoms with Crippen LogP contribution >= 0.6 is 11.6 Å². The van der Waals surface area contributed by atoms with Gasteiger partial charge < -0.3 is 14.2 Å². The zero-order valence-corrected chi connectivity index (χ0v) is 14.6. The fourth-order valence-electron chi connectivity index (χ4n) is 2.70. The van der Waals surface area contributed by atoms with Crippen LogP contribution in [0.2, 0.25) is 5.02 Å². The Morgan fingerprint density at radius 2 is 2.20 bits per heavy atom. The molecule has 2 aromatic heterocycles. The summed E-state index contributed by atoms with van der Waals surface area (Å²) in [6.45, 7) is 2.20. The number of carbonyl (C=O) groups excluding carboxylic acids is 1. The second-order valence-electron chi connectivity index (χ2n) is 5.97. The molecule has 1 aromatic carbocycles. The topological polar surface area (TPSA) is 77.4 Å². The van der Waals surface area contributed by atoms with Gasteiger partial charge in [0.15, 0.2) is 5.58 Å². The van der Waals surface area contributed by atoms with E-state index in [-0.39, 0.29) is 24.9 Å². The fraction of sp³-hybridized carbons (Fsp3) is 0.333. The number of aryl methyl sites for hydroxylation is 2. The summed E-state index contributed by atoms with van der Waals surface area (Å²) in [6.07, 6.45) is 3.38. The molecule has 1 N–H and O–H groups in total. The van der Waals surface area contributed by atoms with Crippen LogP contribution in [-0.2, 0) is 17.8 Å². The number of oxazole rings is 1. The maximum absolute atomic E-state index is 12.1. The van der Waals surface area contributed by atoms with E-state index in [0.717, 1.165) is 18.6 Å². The van der Waals surface area contributed by atoms with E-state index >= 15 is 0 Å². The molecule has 25 heavy (non-hydrogen) atoms. The van der Waals surface area contributed by atoms with E-state index in [2.05, 4.69) is 5.32 Å². The number of fused-ring (bicyclic) bond motifs is 1. The third kappa shape index (κ3) is 4.33. The Balaban J connectivity index is 1.53. The second-order valence-corrected chi connectivity index (χ2v) is 6.40. The monoisotopic (exact) mass is 362 g/mol. The van der Waals surface area contributed by atoms with Gasteiger partial charge in [-0.15, -0.1) is 0 Å². The number of aromatic nitrogens is 1. The summed E-state index contributed by atoms with van der Waals surface area (Å²) in [7, 11) is 0. The van der Waals surface area contributed by atoms with Crippen molar-refractivity contribution in [3.63, 3.8) is 0 Å². The third-order valence-electron chi connectivity index (χ3n) is 4.00. The fourth-order valence-corrected chi connectivity index (χ4v) is 2.86. The normalized spacial score (nSPS) is 12.4. The lowest BCUT2D eigenvalue weighted by molar-refractivity contribution is -0.121. The highest BCUT2D eigenvalue weighted by atomic mass is 35.5. The average Bonchev–Trinajstić information content (AvgIpc) is 3.18. The molecule has 0 fully saturated rings. The molecule has 0 radical (unpaired) electrons. The maximum atomic E-state index is 12.1. The van der Waals surface area contributed by atoms with Crippen molar-refractivity contribution in [2.75, 3.05) is 0 Å². The zero-order valence-electron chi connectivity index (χ0n) is 13.8. The molecule has 132 valence electrons. The van der Waals surface area contributed by atoms with Crippen molar-refractivity contribution in [1.82, 2.24) is 9.88 Å². The molecule has 0 saturated carbocycles. The van der Waals surface area contributed by atoms with Gasteiger partial charge in [-0.1, -0.05) is 11.6 Å². The Morgan fingerprint density at radius 1 is 1.36 bits per heavy atom. The number of rotatable bonds is 7. The quantitative estimate of drug-likeness (QED) is 0.699. The van der Waals surface area contributed by atoms with Crippen molar-refractivity contribution in [3.05, 3.63) is 57.9 Å². The lowest BCUT2D eigenvalue weighted by atomic mass is 10.1. The van der Waals surface area contributed by atoms with Crippen LogP contribution in [0.25, 0.3) is 11.1 Å². The largest absolute Gasteiger partial charge is 0.469 e. The maximum Gasteiger partial charge on any atom is 0.419 e. The molecule has 6 nitrogen and oxygen atoms in total. The molecule has 1 atom stereocenters. The number of halogens is 1. The van der Waals surface area contributed by atoms with Crippen molar-refractivity contribution >= 4 is 28.6 Å². The van der Waals surface area contributed by atoms with Gasteiger partial charge in [0.25, 0.3) is 0 Å². The molecule has 0 aliphatic carbocycles. The summed E-state index contributed by atoms with van der Waals surface area (Å²) in [4.78, 5) is 24.0. The Bertz CT molecular complexity index is 911. The molecule has 1 amide bonds. The minimum Gasteiger partial charge on any atom is -0.469 e. The van der Waals surface area contributed by atoms with Gasteiger partial charge in [0.05, 0.1) is 11.8 Å². The van der Waals surface area contributed by atoms with E-state index in [4.69, 9.17) is 20.4 Å². The third-order valence-corrected chi connectivity index (χ3v) is 4.24. The van der Waals surface area contributed by atoms with Crippen molar-refractivity contribution in [3.8, 4) is 0 Å². The molecular formula is C18H19ClN2O4. The molecule has 0 aliphatic rings. The van der Waals surface area contributed by atoms with Crippen LogP contribution < -0.4 is 11.1 Å². The summed E-state index contributed by atoms with van der Waals surface area (Å²) in [6, 6.07) is 8.77. The van der Waals surface area contributed by atoms with Crippen LogP contribution in [0.5, 0.6) is 0 Å². The first-order valence-electron chi connectivity index (χ1n) is 8.13. The molecule has 0 spiro atoms. The first kappa shape index (κ1) is 17.4. The average molecular weight is 363 g/mol. The van der Waals surface area contributed by atoms with Crippen LogP contribution in [0.1, 0.15) is 25.5 Å². The minimum atomic E-state index is -0.490. The number of benzene rings is 1. The van der Waals surface area contributed by atoms with Gasteiger partial charge in [-0.25, -0.2) is 4.79 Å². The number of amides is 1. The first-order chi connectivity index (χ1) is 12.0. The molecule has 0 saturated heterocycles. The minimum absolute atomic E-state index is 0.0224. The summed E-state index contributed by atoms with van der Waals surface area (Å²) < 4.78 is 11.9. The van der Waals surface area contributed by atoms with Crippen LogP contribution in [0, 0.1) is 0 Å². The molecule has 0 aliphatic heterocycles. The van der Waals surface area contributed by atoms with Crippen molar-refractivity contribution in [1.29, 1.82) is 0 Å². The van der Waals surface area contributed by atoms with Crippen LogP contribution in [0.4, 0.5) is 0 Å². The van der Waals surface area contributed by atoms with Gasteiger partial charge in [-0.3, -0.25) is 9.36 Å². The molecule has 7 heteroatoms. The number of hydrogen-bond acceptors (Lipinski definition) is 4. The lowest BCUT2D eigenvalue weighted by Gasteiger charge is -2.13.